The second kappa shape index (κ2) is 7.62. The molecule has 0 amide bonds. The lowest BCUT2D eigenvalue weighted by Crippen LogP contribution is -1.94. The summed E-state index contributed by atoms with van der Waals surface area (Å²) in [6.45, 7) is 4.03. The van der Waals surface area contributed by atoms with Crippen LogP contribution in [0.2, 0.25) is 5.02 Å². The Bertz CT molecular complexity index is 969. The molecule has 0 aliphatic rings. The van der Waals surface area contributed by atoms with E-state index >= 15 is 0 Å². The molecule has 0 saturated heterocycles. The van der Waals surface area contributed by atoms with Crippen LogP contribution in [0.5, 0.6) is 5.75 Å². The van der Waals surface area contributed by atoms with Gasteiger partial charge in [-0.3, -0.25) is 9.48 Å². The zero-order valence-electron chi connectivity index (χ0n) is 14.8. The van der Waals surface area contributed by atoms with Gasteiger partial charge in [-0.15, -0.1) is 0 Å². The second-order valence-electron chi connectivity index (χ2n) is 6.00. The predicted octanol–water partition coefficient (Wildman–Crippen LogP) is 4.76. The van der Waals surface area contributed by atoms with Gasteiger partial charge in [0.25, 0.3) is 0 Å². The number of carbonyl (C=O) groups is 1. The van der Waals surface area contributed by atoms with E-state index < -0.39 is 0 Å². The fraction of sp³-hybridized carbons (Fsp3) is 0.200. The van der Waals surface area contributed by atoms with Gasteiger partial charge in [-0.2, -0.15) is 5.10 Å². The Labute approximate surface area is 156 Å². The van der Waals surface area contributed by atoms with Crippen LogP contribution in [0, 0.1) is 13.8 Å². The summed E-state index contributed by atoms with van der Waals surface area (Å²) in [4.78, 5) is 12.2. The van der Waals surface area contributed by atoms with Crippen molar-refractivity contribution in [1.29, 1.82) is 0 Å². The van der Waals surface area contributed by atoms with Crippen molar-refractivity contribution in [3.63, 3.8) is 0 Å². The fourth-order valence-corrected chi connectivity index (χ4v) is 2.63. The first-order valence-electron chi connectivity index (χ1n) is 8.12. The number of hydrogen-bond donors (Lipinski definition) is 0. The summed E-state index contributed by atoms with van der Waals surface area (Å²) < 4.78 is 13.0. The van der Waals surface area contributed by atoms with E-state index in [1.807, 2.05) is 32.0 Å². The Morgan fingerprint density at radius 2 is 2.12 bits per heavy atom. The number of aryl methyl sites for hydroxylation is 3. The number of furan rings is 1. The second-order valence-corrected chi connectivity index (χ2v) is 6.41. The maximum absolute atomic E-state index is 12.2. The molecule has 0 aliphatic carbocycles. The van der Waals surface area contributed by atoms with Crippen LogP contribution in [0.15, 0.2) is 47.0 Å². The summed E-state index contributed by atoms with van der Waals surface area (Å²) in [6.07, 6.45) is 4.83. The van der Waals surface area contributed by atoms with Crippen LogP contribution in [0.1, 0.15) is 33.1 Å². The average molecular weight is 371 g/mol. The van der Waals surface area contributed by atoms with Gasteiger partial charge in [0, 0.05) is 18.3 Å². The van der Waals surface area contributed by atoms with Gasteiger partial charge in [0.1, 0.15) is 23.9 Å². The number of nitrogens with zero attached hydrogens (tertiary/aromatic N) is 2. The Morgan fingerprint density at radius 3 is 2.81 bits per heavy atom. The number of benzene rings is 1. The molecule has 1 aromatic carbocycles. The van der Waals surface area contributed by atoms with E-state index in [1.54, 1.807) is 36.1 Å². The van der Waals surface area contributed by atoms with Crippen LogP contribution in [0.25, 0.3) is 6.08 Å². The Balaban J connectivity index is 1.61. The third kappa shape index (κ3) is 4.24. The molecule has 6 heteroatoms. The molecule has 2 aromatic heterocycles. The zero-order chi connectivity index (χ0) is 18.7. The summed E-state index contributed by atoms with van der Waals surface area (Å²) in [5, 5.41) is 4.87. The van der Waals surface area contributed by atoms with Crippen LogP contribution in [-0.2, 0) is 13.7 Å². The number of aromatic nitrogens is 2. The highest BCUT2D eigenvalue weighted by Crippen LogP contribution is 2.22. The number of allylic oxidation sites excluding steroid dienone is 1. The Morgan fingerprint density at radius 1 is 1.31 bits per heavy atom. The van der Waals surface area contributed by atoms with E-state index in [-0.39, 0.29) is 5.78 Å². The van der Waals surface area contributed by atoms with E-state index in [0.29, 0.717) is 34.4 Å². The number of halogens is 1. The molecule has 0 N–H and O–H groups in total. The maximum Gasteiger partial charge on any atom is 0.189 e. The van der Waals surface area contributed by atoms with Gasteiger partial charge in [-0.1, -0.05) is 11.6 Å². The topological polar surface area (TPSA) is 57.3 Å². The van der Waals surface area contributed by atoms with E-state index in [1.165, 1.54) is 6.08 Å². The molecular formula is C20H19ClN2O3. The lowest BCUT2D eigenvalue weighted by Gasteiger charge is -2.05. The molecule has 3 rings (SSSR count). The minimum Gasteiger partial charge on any atom is -0.486 e. The van der Waals surface area contributed by atoms with E-state index in [9.17, 15) is 4.79 Å². The van der Waals surface area contributed by atoms with Crippen molar-refractivity contribution >= 4 is 23.5 Å². The van der Waals surface area contributed by atoms with Crippen molar-refractivity contribution in [2.75, 3.05) is 0 Å². The summed E-state index contributed by atoms with van der Waals surface area (Å²) >= 11 is 6.00. The number of carbonyl (C=O) groups excluding carboxylic acids is 1. The van der Waals surface area contributed by atoms with E-state index in [2.05, 4.69) is 5.10 Å². The van der Waals surface area contributed by atoms with E-state index in [0.717, 1.165) is 11.3 Å². The normalized spacial score (nSPS) is 11.2. The maximum atomic E-state index is 12.2. The van der Waals surface area contributed by atoms with Gasteiger partial charge >= 0.3 is 0 Å². The summed E-state index contributed by atoms with van der Waals surface area (Å²) in [7, 11) is 1.79. The largest absolute Gasteiger partial charge is 0.486 e. The summed E-state index contributed by atoms with van der Waals surface area (Å²) in [5.74, 6) is 1.87. The molecule has 2 heterocycles. The number of hydrogen-bond acceptors (Lipinski definition) is 4. The summed E-state index contributed by atoms with van der Waals surface area (Å²) in [6, 6.07) is 9.11. The lowest BCUT2D eigenvalue weighted by atomic mass is 10.1. The molecule has 3 aromatic rings. The van der Waals surface area contributed by atoms with Crippen LogP contribution >= 0.6 is 11.6 Å². The van der Waals surface area contributed by atoms with Crippen molar-refractivity contribution in [2.24, 2.45) is 7.05 Å². The molecule has 0 radical (unpaired) electrons. The highest BCUT2D eigenvalue weighted by molar-refractivity contribution is 6.31. The zero-order valence-corrected chi connectivity index (χ0v) is 15.6. The molecule has 0 spiro atoms. The third-order valence-corrected chi connectivity index (χ3v) is 4.29. The first-order chi connectivity index (χ1) is 12.4. The minimum absolute atomic E-state index is 0.110. The van der Waals surface area contributed by atoms with Gasteiger partial charge in [0.15, 0.2) is 5.78 Å². The molecule has 0 atom stereocenters. The highest BCUT2D eigenvalue weighted by atomic mass is 35.5. The standard InChI is InChI=1S/C20H19ClN2O3/c1-13-10-16(6-8-19(13)21)25-12-17-5-4-15(26-17)7-9-20(24)18-11-23(3)22-14(18)2/h4-11H,12H2,1-3H3/b9-7+. The smallest absolute Gasteiger partial charge is 0.189 e. The molecule has 0 bridgehead atoms. The lowest BCUT2D eigenvalue weighted by molar-refractivity contribution is 0.104. The van der Waals surface area contributed by atoms with Gasteiger partial charge < -0.3 is 9.15 Å². The number of ether oxygens (including phenoxy) is 1. The Kier molecular flexibility index (Phi) is 5.28. The first-order valence-corrected chi connectivity index (χ1v) is 8.50. The van der Waals surface area contributed by atoms with Crippen LogP contribution in [0.3, 0.4) is 0 Å². The molecular weight excluding hydrogens is 352 g/mol. The van der Waals surface area contributed by atoms with E-state index in [4.69, 9.17) is 20.8 Å². The molecule has 5 nitrogen and oxygen atoms in total. The third-order valence-electron chi connectivity index (χ3n) is 3.87. The summed E-state index contributed by atoms with van der Waals surface area (Å²) in [5.41, 5.74) is 2.24. The first kappa shape index (κ1) is 18.0. The molecule has 134 valence electrons. The van der Waals surface area contributed by atoms with Gasteiger partial charge in [-0.05, 0) is 61.9 Å². The van der Waals surface area contributed by atoms with Gasteiger partial charge in [0.05, 0.1) is 11.3 Å². The van der Waals surface area contributed by atoms with Gasteiger partial charge in [0.2, 0.25) is 0 Å². The highest BCUT2D eigenvalue weighted by Gasteiger charge is 2.10. The van der Waals surface area contributed by atoms with Crippen molar-refractivity contribution in [2.45, 2.75) is 20.5 Å². The minimum atomic E-state index is -0.110. The molecule has 0 saturated carbocycles. The molecule has 0 fully saturated rings. The molecule has 0 aliphatic heterocycles. The van der Waals surface area contributed by atoms with Crippen LogP contribution in [-0.4, -0.2) is 15.6 Å². The van der Waals surface area contributed by atoms with Crippen LogP contribution < -0.4 is 4.74 Å². The average Bonchev–Trinajstić information content (AvgIpc) is 3.19. The molecule has 26 heavy (non-hydrogen) atoms. The van der Waals surface area contributed by atoms with Gasteiger partial charge in [-0.25, -0.2) is 0 Å². The van der Waals surface area contributed by atoms with Crippen molar-refractivity contribution in [3.8, 4) is 5.75 Å². The van der Waals surface area contributed by atoms with Crippen LogP contribution in [0.4, 0.5) is 0 Å². The fourth-order valence-electron chi connectivity index (χ4n) is 2.51. The monoisotopic (exact) mass is 370 g/mol. The van der Waals surface area contributed by atoms with Crippen molar-refractivity contribution < 1.29 is 13.9 Å². The number of rotatable bonds is 6. The van der Waals surface area contributed by atoms with Crippen molar-refractivity contribution in [1.82, 2.24) is 9.78 Å². The SMILES string of the molecule is Cc1cc(OCc2ccc(/C=C/C(=O)c3cn(C)nc3C)o2)ccc1Cl. The predicted molar refractivity (Wildman–Crippen MR) is 101 cm³/mol. The van der Waals surface area contributed by atoms with Crippen molar-refractivity contribution in [3.05, 3.63) is 76.0 Å². The number of ketones is 1. The molecule has 0 unspecified atom stereocenters. The Hall–Kier alpha value is -2.79. The quantitative estimate of drug-likeness (QED) is 0.463.